The van der Waals surface area contributed by atoms with Gasteiger partial charge in [-0.25, -0.2) is 4.98 Å². The molecule has 0 saturated heterocycles. The summed E-state index contributed by atoms with van der Waals surface area (Å²) in [6.07, 6.45) is 0.498. The Labute approximate surface area is 187 Å². The van der Waals surface area contributed by atoms with Crippen molar-refractivity contribution < 1.29 is 19.4 Å². The van der Waals surface area contributed by atoms with Crippen molar-refractivity contribution in [2.75, 3.05) is 13.2 Å². The van der Waals surface area contributed by atoms with Crippen molar-refractivity contribution in [2.45, 2.75) is 39.5 Å². The van der Waals surface area contributed by atoms with Crippen LogP contribution in [0.2, 0.25) is 0 Å². The molecule has 0 fully saturated rings. The van der Waals surface area contributed by atoms with E-state index in [0.717, 1.165) is 11.0 Å². The Hall–Kier alpha value is -3.39. The SMILES string of the molecule is CC(C)C[C@H](NC(=O)Cn1c(COc2ccccc2)nc2ccccc21)C(=O)NCCO. The van der Waals surface area contributed by atoms with Crippen LogP contribution in [0, 0.1) is 5.92 Å². The molecule has 170 valence electrons. The molecular weight excluding hydrogens is 408 g/mol. The van der Waals surface area contributed by atoms with Crippen molar-refractivity contribution in [3.63, 3.8) is 0 Å². The highest BCUT2D eigenvalue weighted by Crippen LogP contribution is 2.18. The number of hydrogen-bond acceptors (Lipinski definition) is 5. The molecular formula is C24H30N4O4. The molecule has 0 saturated carbocycles. The lowest BCUT2D eigenvalue weighted by molar-refractivity contribution is -0.129. The number of imidazole rings is 1. The summed E-state index contributed by atoms with van der Waals surface area (Å²) in [5.41, 5.74) is 1.59. The van der Waals surface area contributed by atoms with Crippen LogP contribution in [0.3, 0.4) is 0 Å². The minimum absolute atomic E-state index is 0.00979. The molecule has 0 radical (unpaired) electrons. The van der Waals surface area contributed by atoms with Gasteiger partial charge in [0.2, 0.25) is 11.8 Å². The third kappa shape index (κ3) is 6.31. The summed E-state index contributed by atoms with van der Waals surface area (Å²) < 4.78 is 7.67. The number of hydrogen-bond donors (Lipinski definition) is 3. The fourth-order valence-electron chi connectivity index (χ4n) is 3.47. The van der Waals surface area contributed by atoms with E-state index in [1.807, 2.05) is 73.0 Å². The van der Waals surface area contributed by atoms with Gasteiger partial charge in [0.25, 0.3) is 0 Å². The summed E-state index contributed by atoms with van der Waals surface area (Å²) in [7, 11) is 0. The predicted molar refractivity (Wildman–Crippen MR) is 122 cm³/mol. The number of rotatable bonds is 11. The van der Waals surface area contributed by atoms with Gasteiger partial charge in [-0.05, 0) is 36.6 Å². The Kier molecular flexibility index (Phi) is 8.21. The van der Waals surface area contributed by atoms with Crippen molar-refractivity contribution in [3.8, 4) is 5.75 Å². The summed E-state index contributed by atoms with van der Waals surface area (Å²) >= 11 is 0. The number of carbonyl (C=O) groups is 2. The zero-order valence-electron chi connectivity index (χ0n) is 18.5. The first-order valence-electron chi connectivity index (χ1n) is 10.8. The van der Waals surface area contributed by atoms with Gasteiger partial charge in [0.1, 0.15) is 30.8 Å². The highest BCUT2D eigenvalue weighted by molar-refractivity contribution is 5.88. The van der Waals surface area contributed by atoms with Gasteiger partial charge in [0.15, 0.2) is 0 Å². The third-order valence-electron chi connectivity index (χ3n) is 4.92. The van der Waals surface area contributed by atoms with Gasteiger partial charge in [-0.3, -0.25) is 9.59 Å². The molecule has 3 aromatic rings. The third-order valence-corrected chi connectivity index (χ3v) is 4.92. The first-order chi connectivity index (χ1) is 15.5. The molecule has 32 heavy (non-hydrogen) atoms. The number of aliphatic hydroxyl groups excluding tert-OH is 1. The van der Waals surface area contributed by atoms with Crippen LogP contribution >= 0.6 is 0 Å². The summed E-state index contributed by atoms with van der Waals surface area (Å²) in [5.74, 6) is 0.954. The monoisotopic (exact) mass is 438 g/mol. The van der Waals surface area contributed by atoms with Crippen LogP contribution in [0.1, 0.15) is 26.1 Å². The molecule has 1 atom stereocenters. The molecule has 8 nitrogen and oxygen atoms in total. The Morgan fingerprint density at radius 3 is 2.53 bits per heavy atom. The Morgan fingerprint density at radius 1 is 1.09 bits per heavy atom. The fraction of sp³-hybridized carbons (Fsp3) is 0.375. The lowest BCUT2D eigenvalue weighted by Crippen LogP contribution is -2.48. The molecule has 0 aliphatic heterocycles. The van der Waals surface area contributed by atoms with Crippen molar-refractivity contribution in [1.82, 2.24) is 20.2 Å². The van der Waals surface area contributed by atoms with Gasteiger partial charge >= 0.3 is 0 Å². The minimum atomic E-state index is -0.673. The number of aliphatic hydroxyl groups is 1. The van der Waals surface area contributed by atoms with Gasteiger partial charge < -0.3 is 25.0 Å². The van der Waals surface area contributed by atoms with Crippen LogP contribution in [0.4, 0.5) is 0 Å². The summed E-state index contributed by atoms with van der Waals surface area (Å²) in [6, 6.07) is 16.3. The second-order valence-electron chi connectivity index (χ2n) is 7.97. The number of ether oxygens (including phenoxy) is 1. The standard InChI is InChI=1S/C24H30N4O4/c1-17(2)14-20(24(31)25-12-13-29)27-23(30)15-28-21-11-7-6-10-19(21)26-22(28)16-32-18-8-4-3-5-9-18/h3-11,17,20,29H,12-16H2,1-2H3,(H,25,31)(H,27,30)/t20-/m0/s1. The van der Waals surface area contributed by atoms with Crippen LogP contribution < -0.4 is 15.4 Å². The molecule has 2 aromatic carbocycles. The van der Waals surface area contributed by atoms with Crippen LogP contribution in [-0.2, 0) is 22.7 Å². The molecule has 8 heteroatoms. The normalized spacial score (nSPS) is 12.0. The van der Waals surface area contributed by atoms with E-state index in [-0.39, 0.29) is 44.0 Å². The number of para-hydroxylation sites is 3. The van der Waals surface area contributed by atoms with Gasteiger partial charge in [-0.15, -0.1) is 0 Å². The Balaban J connectivity index is 1.76. The number of benzene rings is 2. The zero-order chi connectivity index (χ0) is 22.9. The largest absolute Gasteiger partial charge is 0.486 e. The maximum Gasteiger partial charge on any atom is 0.242 e. The average molecular weight is 439 g/mol. The number of aromatic nitrogens is 2. The molecule has 0 bridgehead atoms. The molecule has 0 spiro atoms. The summed E-state index contributed by atoms with van der Waals surface area (Å²) in [5, 5.41) is 14.4. The van der Waals surface area contributed by atoms with Crippen LogP contribution in [0.25, 0.3) is 11.0 Å². The van der Waals surface area contributed by atoms with Crippen molar-refractivity contribution in [1.29, 1.82) is 0 Å². The number of amides is 2. The Bertz CT molecular complexity index is 1030. The van der Waals surface area contributed by atoms with E-state index in [4.69, 9.17) is 9.84 Å². The first kappa shape index (κ1) is 23.3. The van der Waals surface area contributed by atoms with Gasteiger partial charge in [0, 0.05) is 6.54 Å². The smallest absolute Gasteiger partial charge is 0.242 e. The molecule has 3 rings (SSSR count). The van der Waals surface area contributed by atoms with Crippen molar-refractivity contribution >= 4 is 22.8 Å². The lowest BCUT2D eigenvalue weighted by atomic mass is 10.0. The van der Waals surface area contributed by atoms with Crippen molar-refractivity contribution in [2.24, 2.45) is 5.92 Å². The van der Waals surface area contributed by atoms with E-state index >= 15 is 0 Å². The molecule has 0 aliphatic carbocycles. The average Bonchev–Trinajstić information content (AvgIpc) is 3.13. The summed E-state index contributed by atoms with van der Waals surface area (Å²) in [6.45, 7) is 4.19. The van der Waals surface area contributed by atoms with E-state index in [1.165, 1.54) is 0 Å². The maximum absolute atomic E-state index is 12.9. The molecule has 1 aromatic heterocycles. The van der Waals surface area contributed by atoms with E-state index in [0.29, 0.717) is 18.0 Å². The topological polar surface area (TPSA) is 105 Å². The number of carbonyl (C=O) groups excluding carboxylic acids is 2. The van der Waals surface area contributed by atoms with Gasteiger partial charge in [-0.1, -0.05) is 44.2 Å². The molecule has 1 heterocycles. The first-order valence-corrected chi connectivity index (χ1v) is 10.8. The van der Waals surface area contributed by atoms with Crippen molar-refractivity contribution in [3.05, 3.63) is 60.4 Å². The maximum atomic E-state index is 12.9. The molecule has 0 aliphatic rings. The fourth-order valence-corrected chi connectivity index (χ4v) is 3.47. The minimum Gasteiger partial charge on any atom is -0.486 e. The summed E-state index contributed by atoms with van der Waals surface area (Å²) in [4.78, 5) is 30.0. The van der Waals surface area contributed by atoms with Gasteiger partial charge in [0.05, 0.1) is 17.6 Å². The highest BCUT2D eigenvalue weighted by atomic mass is 16.5. The van der Waals surface area contributed by atoms with Gasteiger partial charge in [-0.2, -0.15) is 0 Å². The van der Waals surface area contributed by atoms with Crippen LogP contribution in [0.5, 0.6) is 5.75 Å². The Morgan fingerprint density at radius 2 is 1.81 bits per heavy atom. The second kappa shape index (κ2) is 11.3. The van der Waals surface area contributed by atoms with E-state index < -0.39 is 6.04 Å². The molecule has 2 amide bonds. The quantitative estimate of drug-likeness (QED) is 0.426. The molecule has 3 N–H and O–H groups in total. The van der Waals surface area contributed by atoms with E-state index in [9.17, 15) is 9.59 Å². The van der Waals surface area contributed by atoms with E-state index in [2.05, 4.69) is 15.6 Å². The second-order valence-corrected chi connectivity index (χ2v) is 7.97. The van der Waals surface area contributed by atoms with Crippen LogP contribution in [0.15, 0.2) is 54.6 Å². The number of nitrogens with zero attached hydrogens (tertiary/aromatic N) is 2. The lowest BCUT2D eigenvalue weighted by Gasteiger charge is -2.20. The van der Waals surface area contributed by atoms with Crippen LogP contribution in [-0.4, -0.2) is 45.7 Å². The predicted octanol–water partition coefficient (Wildman–Crippen LogP) is 2.25. The van der Waals surface area contributed by atoms with E-state index in [1.54, 1.807) is 0 Å². The number of fused-ring (bicyclic) bond motifs is 1. The zero-order valence-corrected chi connectivity index (χ0v) is 18.5. The number of nitrogens with one attached hydrogen (secondary N) is 2. The molecule has 0 unspecified atom stereocenters. The highest BCUT2D eigenvalue weighted by Gasteiger charge is 2.23.